The summed E-state index contributed by atoms with van der Waals surface area (Å²) in [6.07, 6.45) is -0.822. The molecule has 92 valence electrons. The second-order valence-corrected chi connectivity index (χ2v) is 3.19. The minimum atomic E-state index is -0.691. The van der Waals surface area contributed by atoms with E-state index in [1.807, 2.05) is 6.92 Å². The van der Waals surface area contributed by atoms with E-state index in [9.17, 15) is 9.59 Å². The van der Waals surface area contributed by atoms with E-state index in [2.05, 4.69) is 18.9 Å². The van der Waals surface area contributed by atoms with Crippen molar-refractivity contribution >= 4 is 12.3 Å². The summed E-state index contributed by atoms with van der Waals surface area (Å²) in [7, 11) is 0. The van der Waals surface area contributed by atoms with Crippen molar-refractivity contribution in [3.8, 4) is 0 Å². The van der Waals surface area contributed by atoms with E-state index in [1.165, 1.54) is 0 Å². The van der Waals surface area contributed by atoms with Crippen molar-refractivity contribution in [3.05, 3.63) is 0 Å². The summed E-state index contributed by atoms with van der Waals surface area (Å²) in [5.41, 5.74) is 0. The third-order valence-electron chi connectivity index (χ3n) is 1.96. The zero-order valence-electron chi connectivity index (χ0n) is 8.88. The molecule has 1 N–H and O–H groups in total. The minimum absolute atomic E-state index is 0.00231. The molecule has 2 aliphatic rings. The Labute approximate surface area is 92.2 Å². The fourth-order valence-electron chi connectivity index (χ4n) is 1.02. The average molecular weight is 234 g/mol. The van der Waals surface area contributed by atoms with Crippen LogP contribution >= 0.6 is 0 Å². The molecule has 0 saturated carbocycles. The Morgan fingerprint density at radius 2 is 1.62 bits per heavy atom. The maximum atomic E-state index is 10.2. The molecule has 2 unspecified atom stereocenters. The summed E-state index contributed by atoms with van der Waals surface area (Å²) in [5.74, 6) is 0. The lowest BCUT2D eigenvalue weighted by atomic mass is 10.3. The summed E-state index contributed by atoms with van der Waals surface area (Å²) >= 11 is 0. The summed E-state index contributed by atoms with van der Waals surface area (Å²) in [6.45, 7) is 2.39. The smallest absolute Gasteiger partial charge is 0.430 e. The van der Waals surface area contributed by atoms with Crippen LogP contribution < -0.4 is 0 Å². The van der Waals surface area contributed by atoms with Crippen LogP contribution in [-0.2, 0) is 18.9 Å². The van der Waals surface area contributed by atoms with Gasteiger partial charge in [0.1, 0.15) is 19.3 Å². The Balaban J connectivity index is 0.000000160. The monoisotopic (exact) mass is 234 g/mol. The molecule has 7 nitrogen and oxygen atoms in total. The van der Waals surface area contributed by atoms with Crippen molar-refractivity contribution in [2.24, 2.45) is 0 Å². The molecule has 2 aliphatic heterocycles. The lowest BCUT2D eigenvalue weighted by Crippen LogP contribution is -2.14. The van der Waals surface area contributed by atoms with Crippen molar-refractivity contribution in [3.63, 3.8) is 0 Å². The van der Waals surface area contributed by atoms with Crippen molar-refractivity contribution < 1.29 is 33.6 Å². The molecular weight excluding hydrogens is 220 g/mol. The van der Waals surface area contributed by atoms with E-state index in [1.54, 1.807) is 0 Å². The zero-order valence-corrected chi connectivity index (χ0v) is 8.88. The molecule has 0 aliphatic carbocycles. The van der Waals surface area contributed by atoms with E-state index in [0.29, 0.717) is 6.61 Å². The molecule has 0 aromatic carbocycles. The van der Waals surface area contributed by atoms with Crippen LogP contribution in [0.3, 0.4) is 0 Å². The van der Waals surface area contributed by atoms with E-state index >= 15 is 0 Å². The third kappa shape index (κ3) is 3.93. The number of cyclic esters (lactones) is 4. The molecule has 2 rings (SSSR count). The van der Waals surface area contributed by atoms with Gasteiger partial charge in [-0.2, -0.15) is 0 Å². The van der Waals surface area contributed by atoms with E-state index in [4.69, 9.17) is 5.11 Å². The van der Waals surface area contributed by atoms with Crippen LogP contribution in [0, 0.1) is 0 Å². The quantitative estimate of drug-likeness (QED) is 0.693. The Morgan fingerprint density at radius 3 is 1.81 bits per heavy atom. The first-order valence-electron chi connectivity index (χ1n) is 4.93. The average Bonchev–Trinajstić information content (AvgIpc) is 2.88. The minimum Gasteiger partial charge on any atom is -0.430 e. The first kappa shape index (κ1) is 12.6. The predicted molar refractivity (Wildman–Crippen MR) is 49.8 cm³/mol. The first-order chi connectivity index (χ1) is 7.65. The van der Waals surface area contributed by atoms with Crippen LogP contribution in [0.4, 0.5) is 9.59 Å². The van der Waals surface area contributed by atoms with Gasteiger partial charge < -0.3 is 24.1 Å². The van der Waals surface area contributed by atoms with Gasteiger partial charge in [0, 0.05) is 0 Å². The molecule has 0 aromatic rings. The fraction of sp³-hybridized carbons (Fsp3) is 0.778. The van der Waals surface area contributed by atoms with Gasteiger partial charge in [0.2, 0.25) is 0 Å². The van der Waals surface area contributed by atoms with Gasteiger partial charge in [-0.25, -0.2) is 9.59 Å². The SMILES string of the molecule is CCC1COC(=O)O1.O=C1OCC(CO)O1. The van der Waals surface area contributed by atoms with Crippen LogP contribution in [0.5, 0.6) is 0 Å². The van der Waals surface area contributed by atoms with Crippen LogP contribution in [0.2, 0.25) is 0 Å². The number of hydrogen-bond acceptors (Lipinski definition) is 7. The number of aliphatic hydroxyl groups is 1. The molecule has 16 heavy (non-hydrogen) atoms. The predicted octanol–water partition coefficient (Wildman–Crippen LogP) is 0.446. The molecule has 7 heteroatoms. The molecule has 2 heterocycles. The van der Waals surface area contributed by atoms with Crippen molar-refractivity contribution in [1.82, 2.24) is 0 Å². The third-order valence-corrected chi connectivity index (χ3v) is 1.96. The highest BCUT2D eigenvalue weighted by Gasteiger charge is 2.23. The van der Waals surface area contributed by atoms with Crippen LogP contribution in [-0.4, -0.2) is 49.4 Å². The molecule has 0 amide bonds. The molecule has 0 radical (unpaired) electrons. The van der Waals surface area contributed by atoms with Gasteiger partial charge in [0.25, 0.3) is 0 Å². The normalized spacial score (nSPS) is 27.1. The van der Waals surface area contributed by atoms with Gasteiger partial charge in [-0.15, -0.1) is 0 Å². The maximum absolute atomic E-state index is 10.2. The molecule has 2 saturated heterocycles. The number of aliphatic hydroxyl groups excluding tert-OH is 1. The van der Waals surface area contributed by atoms with Gasteiger partial charge in [-0.1, -0.05) is 6.92 Å². The molecule has 2 atom stereocenters. The lowest BCUT2D eigenvalue weighted by molar-refractivity contribution is 0.0919. The van der Waals surface area contributed by atoms with Crippen molar-refractivity contribution in [2.75, 3.05) is 19.8 Å². The zero-order chi connectivity index (χ0) is 12.0. The van der Waals surface area contributed by atoms with Gasteiger partial charge in [0.15, 0.2) is 6.10 Å². The van der Waals surface area contributed by atoms with Crippen molar-refractivity contribution in [2.45, 2.75) is 25.6 Å². The summed E-state index contributed by atoms with van der Waals surface area (Å²) in [4.78, 5) is 20.2. The highest BCUT2D eigenvalue weighted by molar-refractivity contribution is 5.62. The Hall–Kier alpha value is -1.50. The molecular formula is C9H14O7. The second-order valence-electron chi connectivity index (χ2n) is 3.19. The number of carbonyl (C=O) groups is 2. The van der Waals surface area contributed by atoms with Gasteiger partial charge in [-0.3, -0.25) is 0 Å². The van der Waals surface area contributed by atoms with Gasteiger partial charge >= 0.3 is 12.3 Å². The Kier molecular flexibility index (Phi) is 4.84. The second kappa shape index (κ2) is 6.16. The first-order valence-corrected chi connectivity index (χ1v) is 4.93. The topological polar surface area (TPSA) is 91.3 Å². The summed E-state index contributed by atoms with van der Waals surface area (Å²) in [5, 5.41) is 8.33. The van der Waals surface area contributed by atoms with Crippen LogP contribution in [0.1, 0.15) is 13.3 Å². The van der Waals surface area contributed by atoms with E-state index in [-0.39, 0.29) is 19.3 Å². The van der Waals surface area contributed by atoms with Gasteiger partial charge in [0.05, 0.1) is 6.61 Å². The van der Waals surface area contributed by atoms with Gasteiger partial charge in [-0.05, 0) is 6.42 Å². The Morgan fingerprint density at radius 1 is 1.12 bits per heavy atom. The molecule has 0 bridgehead atoms. The largest absolute Gasteiger partial charge is 0.508 e. The summed E-state index contributed by atoms with van der Waals surface area (Å²) in [6, 6.07) is 0. The molecule has 0 spiro atoms. The molecule has 2 fully saturated rings. The van der Waals surface area contributed by atoms with E-state index in [0.717, 1.165) is 6.42 Å². The number of rotatable bonds is 2. The lowest BCUT2D eigenvalue weighted by Gasteiger charge is -1.97. The highest BCUT2D eigenvalue weighted by Crippen LogP contribution is 2.07. The standard InChI is InChI=1S/C5H8O3.C4H6O4/c1-2-4-3-7-5(6)8-4;5-1-3-2-7-4(6)8-3/h4H,2-3H2,1H3;3,5H,1-2H2. The highest BCUT2D eigenvalue weighted by atomic mass is 16.8. The molecule has 0 aromatic heterocycles. The number of carbonyl (C=O) groups excluding carboxylic acids is 2. The maximum Gasteiger partial charge on any atom is 0.508 e. The number of hydrogen-bond donors (Lipinski definition) is 1. The number of ether oxygens (including phenoxy) is 4. The fourth-order valence-corrected chi connectivity index (χ4v) is 1.02. The van der Waals surface area contributed by atoms with E-state index < -0.39 is 18.4 Å². The van der Waals surface area contributed by atoms with Crippen LogP contribution in [0.25, 0.3) is 0 Å². The van der Waals surface area contributed by atoms with Crippen molar-refractivity contribution in [1.29, 1.82) is 0 Å². The summed E-state index contributed by atoms with van der Waals surface area (Å²) < 4.78 is 17.9. The van der Waals surface area contributed by atoms with Crippen LogP contribution in [0.15, 0.2) is 0 Å². The Bertz CT molecular complexity index is 226.